The van der Waals surface area contributed by atoms with Gasteiger partial charge in [0.25, 0.3) is 0 Å². The molecular formula is C22H30N2O3. The Kier molecular flexibility index (Phi) is 4.24. The van der Waals surface area contributed by atoms with Crippen molar-refractivity contribution in [3.8, 4) is 0 Å². The van der Waals surface area contributed by atoms with Gasteiger partial charge in [-0.3, -0.25) is 4.79 Å². The third-order valence-electron chi connectivity index (χ3n) is 6.70. The van der Waals surface area contributed by atoms with Crippen molar-refractivity contribution in [3.63, 3.8) is 0 Å². The number of hydrogen-bond acceptors (Lipinski definition) is 3. The summed E-state index contributed by atoms with van der Waals surface area (Å²) in [5.41, 5.74) is 2.64. The number of carbonyl (C=O) groups is 2. The lowest BCUT2D eigenvalue weighted by atomic mass is 9.67. The van der Waals surface area contributed by atoms with Gasteiger partial charge in [0.1, 0.15) is 6.61 Å². The van der Waals surface area contributed by atoms with E-state index in [9.17, 15) is 9.59 Å². The molecule has 0 unspecified atom stereocenters. The van der Waals surface area contributed by atoms with Crippen LogP contribution in [0.1, 0.15) is 63.5 Å². The molecule has 1 heterocycles. The number of hydrogen-bond donors (Lipinski definition) is 1. The van der Waals surface area contributed by atoms with Crippen molar-refractivity contribution in [3.05, 3.63) is 35.4 Å². The molecule has 27 heavy (non-hydrogen) atoms. The lowest BCUT2D eigenvalue weighted by Crippen LogP contribution is -2.59. The summed E-state index contributed by atoms with van der Waals surface area (Å²) < 4.78 is 5.00. The molecule has 5 nitrogen and oxygen atoms in total. The van der Waals surface area contributed by atoms with Crippen LogP contribution in [-0.2, 0) is 14.9 Å². The largest absolute Gasteiger partial charge is 0.447 e. The van der Waals surface area contributed by atoms with E-state index >= 15 is 0 Å². The number of amides is 2. The Bertz CT molecular complexity index is 755. The number of nitrogens with one attached hydrogen (secondary N) is 1. The topological polar surface area (TPSA) is 58.6 Å². The molecule has 2 saturated carbocycles. The first kappa shape index (κ1) is 18.3. The summed E-state index contributed by atoms with van der Waals surface area (Å²) in [7, 11) is 1.93. The van der Waals surface area contributed by atoms with E-state index in [4.69, 9.17) is 4.74 Å². The third-order valence-corrected chi connectivity index (χ3v) is 6.70. The molecule has 1 aromatic rings. The molecule has 0 atom stereocenters. The molecule has 1 aliphatic heterocycles. The van der Waals surface area contributed by atoms with Crippen LogP contribution < -0.4 is 5.32 Å². The van der Waals surface area contributed by atoms with Crippen LogP contribution in [0.2, 0.25) is 0 Å². The van der Waals surface area contributed by atoms with E-state index in [2.05, 4.69) is 50.4 Å². The van der Waals surface area contributed by atoms with Gasteiger partial charge in [-0.25, -0.2) is 4.79 Å². The second kappa shape index (κ2) is 6.25. The molecule has 4 rings (SSSR count). The number of cyclic esters (lactones) is 1. The van der Waals surface area contributed by atoms with Gasteiger partial charge >= 0.3 is 6.09 Å². The monoisotopic (exact) mass is 370 g/mol. The van der Waals surface area contributed by atoms with Crippen molar-refractivity contribution in [2.45, 2.75) is 69.4 Å². The number of ether oxygens (including phenoxy) is 1. The minimum Gasteiger partial charge on any atom is -0.447 e. The summed E-state index contributed by atoms with van der Waals surface area (Å²) >= 11 is 0. The van der Waals surface area contributed by atoms with Crippen LogP contribution in [0.15, 0.2) is 24.3 Å². The average molecular weight is 370 g/mol. The van der Waals surface area contributed by atoms with Crippen molar-refractivity contribution in [1.29, 1.82) is 0 Å². The number of nitrogens with zero attached hydrogens (tertiary/aromatic N) is 1. The molecule has 1 aromatic carbocycles. The van der Waals surface area contributed by atoms with Crippen LogP contribution in [0, 0.1) is 5.92 Å². The highest BCUT2D eigenvalue weighted by Gasteiger charge is 2.53. The first-order valence-corrected chi connectivity index (χ1v) is 9.99. The molecule has 2 aliphatic carbocycles. The summed E-state index contributed by atoms with van der Waals surface area (Å²) in [6, 6.07) is 9.24. The zero-order valence-corrected chi connectivity index (χ0v) is 16.7. The summed E-state index contributed by atoms with van der Waals surface area (Å²) in [4.78, 5) is 26.0. The minimum absolute atomic E-state index is 0.0141. The molecule has 0 aromatic heterocycles. The molecule has 0 bridgehead atoms. The molecule has 1 saturated heterocycles. The minimum atomic E-state index is -0.353. The Morgan fingerprint density at radius 2 is 1.96 bits per heavy atom. The summed E-state index contributed by atoms with van der Waals surface area (Å²) in [6.45, 7) is 7.12. The van der Waals surface area contributed by atoms with Gasteiger partial charge in [0.15, 0.2) is 0 Å². The molecule has 3 fully saturated rings. The van der Waals surface area contributed by atoms with E-state index in [0.717, 1.165) is 12.8 Å². The van der Waals surface area contributed by atoms with Crippen molar-refractivity contribution >= 4 is 12.0 Å². The van der Waals surface area contributed by atoms with Gasteiger partial charge in [-0.2, -0.15) is 0 Å². The van der Waals surface area contributed by atoms with Crippen LogP contribution in [0.25, 0.3) is 0 Å². The van der Waals surface area contributed by atoms with Crippen LogP contribution in [0.5, 0.6) is 0 Å². The smallest absolute Gasteiger partial charge is 0.407 e. The Morgan fingerprint density at radius 1 is 1.26 bits per heavy atom. The first-order chi connectivity index (χ1) is 12.7. The normalized spacial score (nSPS) is 32.3. The van der Waals surface area contributed by atoms with Crippen molar-refractivity contribution in [1.82, 2.24) is 10.2 Å². The fourth-order valence-electron chi connectivity index (χ4n) is 4.67. The predicted molar refractivity (Wildman–Crippen MR) is 104 cm³/mol. The van der Waals surface area contributed by atoms with Gasteiger partial charge in [0, 0.05) is 19.0 Å². The molecule has 3 aliphatic rings. The zero-order chi connectivity index (χ0) is 19.4. The van der Waals surface area contributed by atoms with Gasteiger partial charge in [0.2, 0.25) is 5.91 Å². The van der Waals surface area contributed by atoms with E-state index in [1.54, 1.807) is 0 Å². The molecule has 1 spiro atoms. The number of rotatable bonds is 3. The quantitative estimate of drug-likeness (QED) is 0.885. The number of alkyl carbamates (subject to hydrolysis) is 1. The SMILES string of the molecule is CN(C(=O)[C@H]1C[C@]2(COC(=O)N2)C1)[C@H]1C[C@@H](c2cccc(C(C)(C)C)c2)C1. The maximum Gasteiger partial charge on any atom is 0.407 e. The van der Waals surface area contributed by atoms with E-state index in [1.807, 2.05) is 11.9 Å². The summed E-state index contributed by atoms with van der Waals surface area (Å²) in [5.74, 6) is 0.775. The van der Waals surface area contributed by atoms with Gasteiger partial charge in [-0.1, -0.05) is 45.0 Å². The van der Waals surface area contributed by atoms with Crippen molar-refractivity contribution in [2.75, 3.05) is 13.7 Å². The van der Waals surface area contributed by atoms with Gasteiger partial charge in [0.05, 0.1) is 5.54 Å². The fraction of sp³-hybridized carbons (Fsp3) is 0.636. The Hall–Kier alpha value is -2.04. The van der Waals surface area contributed by atoms with E-state index in [0.29, 0.717) is 31.4 Å². The van der Waals surface area contributed by atoms with E-state index < -0.39 is 0 Å². The zero-order valence-electron chi connectivity index (χ0n) is 16.7. The van der Waals surface area contributed by atoms with Crippen LogP contribution >= 0.6 is 0 Å². The molecular weight excluding hydrogens is 340 g/mol. The molecule has 146 valence electrons. The third kappa shape index (κ3) is 3.32. The molecule has 2 amide bonds. The van der Waals surface area contributed by atoms with Gasteiger partial charge in [-0.05, 0) is 48.1 Å². The van der Waals surface area contributed by atoms with E-state index in [-0.39, 0.29) is 28.9 Å². The predicted octanol–water partition coefficient (Wildman–Crippen LogP) is 3.58. The molecule has 1 N–H and O–H groups in total. The lowest BCUT2D eigenvalue weighted by molar-refractivity contribution is -0.143. The van der Waals surface area contributed by atoms with Gasteiger partial charge < -0.3 is 15.0 Å². The molecule has 5 heteroatoms. The van der Waals surface area contributed by atoms with Crippen LogP contribution in [0.3, 0.4) is 0 Å². The highest BCUT2D eigenvalue weighted by Crippen LogP contribution is 2.44. The highest BCUT2D eigenvalue weighted by atomic mass is 16.6. The van der Waals surface area contributed by atoms with Crippen molar-refractivity contribution < 1.29 is 14.3 Å². The second-order valence-corrected chi connectivity index (χ2v) is 9.73. The van der Waals surface area contributed by atoms with Crippen molar-refractivity contribution in [2.24, 2.45) is 5.92 Å². The summed E-state index contributed by atoms with van der Waals surface area (Å²) in [5, 5.41) is 2.86. The maximum absolute atomic E-state index is 12.8. The Morgan fingerprint density at radius 3 is 2.56 bits per heavy atom. The number of benzene rings is 1. The number of carbonyl (C=O) groups excluding carboxylic acids is 2. The fourth-order valence-corrected chi connectivity index (χ4v) is 4.67. The van der Waals surface area contributed by atoms with E-state index in [1.165, 1.54) is 11.1 Å². The van der Waals surface area contributed by atoms with Gasteiger partial charge in [-0.15, -0.1) is 0 Å². The maximum atomic E-state index is 12.8. The average Bonchev–Trinajstić information content (AvgIpc) is 2.93. The van der Waals surface area contributed by atoms with Crippen LogP contribution in [-0.4, -0.2) is 42.1 Å². The Labute approximate surface area is 161 Å². The lowest BCUT2D eigenvalue weighted by Gasteiger charge is -2.47. The molecule has 0 radical (unpaired) electrons. The first-order valence-electron chi connectivity index (χ1n) is 9.99. The highest BCUT2D eigenvalue weighted by molar-refractivity contribution is 5.81. The van der Waals surface area contributed by atoms with Crippen LogP contribution in [0.4, 0.5) is 4.79 Å². The Balaban J connectivity index is 1.31. The standard InChI is InChI=1S/C22H30N2O3/c1-21(2,3)17-7-5-6-14(8-17)15-9-18(10-15)24(4)19(25)16-11-22(12-16)13-27-20(26)23-22/h5-8,15-16,18H,9-13H2,1-4H3,(H,23,26)/t15-,16-,18+,22+. The summed E-state index contributed by atoms with van der Waals surface area (Å²) in [6.07, 6.45) is 3.12. The second-order valence-electron chi connectivity index (χ2n) is 9.73.